The van der Waals surface area contributed by atoms with Crippen molar-refractivity contribution in [1.82, 2.24) is 0 Å². The van der Waals surface area contributed by atoms with Crippen molar-refractivity contribution in [3.63, 3.8) is 0 Å². The third-order valence-electron chi connectivity index (χ3n) is 3.01. The van der Waals surface area contributed by atoms with E-state index in [-0.39, 0.29) is 18.4 Å². The Bertz CT molecular complexity index is 450. The smallest absolute Gasteiger partial charge is 0.221 e. The summed E-state index contributed by atoms with van der Waals surface area (Å²) in [6.07, 6.45) is 0.225. The van der Waals surface area contributed by atoms with Gasteiger partial charge in [0.1, 0.15) is 0 Å². The molecule has 0 bridgehead atoms. The monoisotopic (exact) mass is 264 g/mol. The number of carbonyl (C=O) groups is 1. The topological polar surface area (TPSA) is 73.6 Å². The molecule has 3 N–H and O–H groups in total. The number of para-hydroxylation sites is 1. The fourth-order valence-corrected chi connectivity index (χ4v) is 2.00. The van der Waals surface area contributed by atoms with E-state index in [9.17, 15) is 4.79 Å². The number of nitrogens with two attached hydrogens (primary N) is 1. The number of nitrogens with one attached hydrogen (secondary N) is 1. The summed E-state index contributed by atoms with van der Waals surface area (Å²) < 4.78 is 11.2. The standard InChI is InChI=1S/C14H20N2O3/c1-14(2)18-8-11(9-19-14)16-12-6-4-3-5-10(12)7-13(15)17/h3-6,11,16H,7-9H2,1-2H3,(H2,15,17). The maximum Gasteiger partial charge on any atom is 0.221 e. The molecule has 0 spiro atoms. The lowest BCUT2D eigenvalue weighted by molar-refractivity contribution is -0.247. The molecule has 104 valence electrons. The minimum Gasteiger partial charge on any atom is -0.377 e. The second kappa shape index (κ2) is 5.59. The van der Waals surface area contributed by atoms with Crippen molar-refractivity contribution in [2.45, 2.75) is 32.1 Å². The van der Waals surface area contributed by atoms with E-state index in [4.69, 9.17) is 15.2 Å². The van der Waals surface area contributed by atoms with Crippen LogP contribution in [0.2, 0.25) is 0 Å². The minimum atomic E-state index is -0.523. The van der Waals surface area contributed by atoms with Crippen molar-refractivity contribution in [3.8, 4) is 0 Å². The molecule has 0 aromatic heterocycles. The molecule has 5 heteroatoms. The molecule has 1 aliphatic rings. The van der Waals surface area contributed by atoms with E-state index in [2.05, 4.69) is 5.32 Å². The fourth-order valence-electron chi connectivity index (χ4n) is 2.00. The molecular formula is C14H20N2O3. The number of anilines is 1. The van der Waals surface area contributed by atoms with E-state index in [0.717, 1.165) is 11.3 Å². The van der Waals surface area contributed by atoms with Gasteiger partial charge in [-0.1, -0.05) is 18.2 Å². The average molecular weight is 264 g/mol. The molecule has 1 aromatic carbocycles. The van der Waals surface area contributed by atoms with Crippen LogP contribution in [-0.2, 0) is 20.7 Å². The van der Waals surface area contributed by atoms with Crippen LogP contribution in [0.25, 0.3) is 0 Å². The first-order valence-corrected chi connectivity index (χ1v) is 6.37. The van der Waals surface area contributed by atoms with Crippen LogP contribution in [0.3, 0.4) is 0 Å². The maximum absolute atomic E-state index is 11.0. The summed E-state index contributed by atoms with van der Waals surface area (Å²) in [4.78, 5) is 11.0. The molecule has 0 unspecified atom stereocenters. The van der Waals surface area contributed by atoms with Crippen molar-refractivity contribution < 1.29 is 14.3 Å². The first-order chi connectivity index (χ1) is 8.96. The van der Waals surface area contributed by atoms with E-state index in [1.165, 1.54) is 0 Å². The summed E-state index contributed by atoms with van der Waals surface area (Å²) in [7, 11) is 0. The first kappa shape index (κ1) is 13.8. The molecule has 19 heavy (non-hydrogen) atoms. The third-order valence-corrected chi connectivity index (χ3v) is 3.01. The average Bonchev–Trinajstić information content (AvgIpc) is 2.33. The zero-order chi connectivity index (χ0) is 13.9. The molecule has 0 saturated carbocycles. The van der Waals surface area contributed by atoms with Gasteiger partial charge in [-0.15, -0.1) is 0 Å². The lowest BCUT2D eigenvalue weighted by Gasteiger charge is -2.35. The van der Waals surface area contributed by atoms with Crippen LogP contribution in [0, 0.1) is 0 Å². The second-order valence-corrected chi connectivity index (χ2v) is 5.16. The van der Waals surface area contributed by atoms with Gasteiger partial charge in [-0.25, -0.2) is 0 Å². The minimum absolute atomic E-state index is 0.0713. The molecule has 2 rings (SSSR count). The summed E-state index contributed by atoms with van der Waals surface area (Å²) >= 11 is 0. The SMILES string of the molecule is CC1(C)OCC(Nc2ccccc2CC(N)=O)CO1. The predicted molar refractivity (Wildman–Crippen MR) is 72.7 cm³/mol. The highest BCUT2D eigenvalue weighted by atomic mass is 16.7. The molecule has 0 radical (unpaired) electrons. The number of hydrogen-bond donors (Lipinski definition) is 2. The highest BCUT2D eigenvalue weighted by Crippen LogP contribution is 2.21. The Labute approximate surface area is 113 Å². The van der Waals surface area contributed by atoms with E-state index in [1.807, 2.05) is 38.1 Å². The summed E-state index contributed by atoms with van der Waals surface area (Å²) in [6, 6.07) is 7.70. The molecular weight excluding hydrogens is 244 g/mol. The number of benzene rings is 1. The molecule has 1 heterocycles. The highest BCUT2D eigenvalue weighted by Gasteiger charge is 2.28. The summed E-state index contributed by atoms with van der Waals surface area (Å²) in [5.41, 5.74) is 7.04. The molecule has 0 aliphatic carbocycles. The second-order valence-electron chi connectivity index (χ2n) is 5.16. The molecule has 5 nitrogen and oxygen atoms in total. The molecule has 1 aliphatic heterocycles. The molecule has 1 fully saturated rings. The van der Waals surface area contributed by atoms with Gasteiger partial charge < -0.3 is 20.5 Å². The van der Waals surface area contributed by atoms with Crippen LogP contribution < -0.4 is 11.1 Å². The Balaban J connectivity index is 2.01. The number of ether oxygens (including phenoxy) is 2. The maximum atomic E-state index is 11.0. The molecule has 0 atom stereocenters. The number of primary amides is 1. The van der Waals surface area contributed by atoms with Crippen LogP contribution in [0.5, 0.6) is 0 Å². The molecule has 1 saturated heterocycles. The van der Waals surface area contributed by atoms with Gasteiger partial charge in [-0.05, 0) is 25.5 Å². The van der Waals surface area contributed by atoms with Crippen molar-refractivity contribution in [2.75, 3.05) is 18.5 Å². The number of rotatable bonds is 4. The van der Waals surface area contributed by atoms with Crippen LogP contribution in [0.15, 0.2) is 24.3 Å². The van der Waals surface area contributed by atoms with Crippen LogP contribution in [0.4, 0.5) is 5.69 Å². The van der Waals surface area contributed by atoms with E-state index in [0.29, 0.717) is 13.2 Å². The summed E-state index contributed by atoms with van der Waals surface area (Å²) in [6.45, 7) is 4.92. The Morgan fingerprint density at radius 2 is 2.00 bits per heavy atom. The fraction of sp³-hybridized carbons (Fsp3) is 0.500. The Kier molecular flexibility index (Phi) is 4.07. The van der Waals surface area contributed by atoms with Gasteiger partial charge >= 0.3 is 0 Å². The Hall–Kier alpha value is -1.59. The highest BCUT2D eigenvalue weighted by molar-refractivity contribution is 5.78. The summed E-state index contributed by atoms with van der Waals surface area (Å²) in [5, 5.41) is 3.33. The van der Waals surface area contributed by atoms with E-state index >= 15 is 0 Å². The quantitative estimate of drug-likeness (QED) is 0.859. The van der Waals surface area contributed by atoms with Gasteiger partial charge in [-0.2, -0.15) is 0 Å². The number of carbonyl (C=O) groups excluding carboxylic acids is 1. The van der Waals surface area contributed by atoms with Crippen molar-refractivity contribution in [1.29, 1.82) is 0 Å². The summed E-state index contributed by atoms with van der Waals surface area (Å²) in [5.74, 6) is -0.864. The van der Waals surface area contributed by atoms with Crippen LogP contribution in [0.1, 0.15) is 19.4 Å². The Morgan fingerprint density at radius 3 is 2.63 bits per heavy atom. The zero-order valence-electron chi connectivity index (χ0n) is 11.3. The van der Waals surface area contributed by atoms with E-state index < -0.39 is 5.79 Å². The first-order valence-electron chi connectivity index (χ1n) is 6.37. The van der Waals surface area contributed by atoms with Gasteiger partial charge in [0.05, 0.1) is 25.7 Å². The van der Waals surface area contributed by atoms with Gasteiger partial charge in [0.15, 0.2) is 5.79 Å². The normalized spacial score (nSPS) is 19.1. The van der Waals surface area contributed by atoms with Crippen LogP contribution >= 0.6 is 0 Å². The third kappa shape index (κ3) is 3.94. The lowest BCUT2D eigenvalue weighted by atomic mass is 10.1. The Morgan fingerprint density at radius 1 is 1.37 bits per heavy atom. The zero-order valence-corrected chi connectivity index (χ0v) is 11.3. The van der Waals surface area contributed by atoms with Gasteiger partial charge in [0.2, 0.25) is 5.91 Å². The molecule has 1 amide bonds. The van der Waals surface area contributed by atoms with Crippen molar-refractivity contribution >= 4 is 11.6 Å². The van der Waals surface area contributed by atoms with Crippen LogP contribution in [-0.4, -0.2) is 30.9 Å². The largest absolute Gasteiger partial charge is 0.377 e. The van der Waals surface area contributed by atoms with Gasteiger partial charge in [0.25, 0.3) is 0 Å². The van der Waals surface area contributed by atoms with Crippen molar-refractivity contribution in [2.24, 2.45) is 5.73 Å². The number of hydrogen-bond acceptors (Lipinski definition) is 4. The molecule has 1 aromatic rings. The van der Waals surface area contributed by atoms with Gasteiger partial charge in [0, 0.05) is 5.69 Å². The number of amides is 1. The predicted octanol–water partition coefficient (Wildman–Crippen LogP) is 1.28. The van der Waals surface area contributed by atoms with E-state index in [1.54, 1.807) is 0 Å². The lowest BCUT2D eigenvalue weighted by Crippen LogP contribution is -2.45. The van der Waals surface area contributed by atoms with Gasteiger partial charge in [-0.3, -0.25) is 4.79 Å². The van der Waals surface area contributed by atoms with Crippen molar-refractivity contribution in [3.05, 3.63) is 29.8 Å².